The van der Waals surface area contributed by atoms with E-state index in [0.29, 0.717) is 6.42 Å². The molecule has 0 aromatic heterocycles. The normalized spacial score (nSPS) is 10.0. The first-order chi connectivity index (χ1) is 12.2. The molecule has 2 aromatic rings. The van der Waals surface area contributed by atoms with Gasteiger partial charge in [-0.1, -0.05) is 73.9 Å². The van der Waals surface area contributed by atoms with Gasteiger partial charge >= 0.3 is 0 Å². The first-order valence-electron chi connectivity index (χ1n) is 9.12. The Labute approximate surface area is 151 Å². The number of anilines is 1. The number of aryl methyl sites for hydroxylation is 1. The molecule has 0 fully saturated rings. The molecule has 0 bridgehead atoms. The van der Waals surface area contributed by atoms with Crippen LogP contribution in [0.1, 0.15) is 55.7 Å². The van der Waals surface area contributed by atoms with Crippen molar-refractivity contribution in [3.63, 3.8) is 0 Å². The fourth-order valence-electron chi connectivity index (χ4n) is 2.61. The van der Waals surface area contributed by atoms with E-state index in [-0.39, 0.29) is 5.91 Å². The molecule has 0 spiro atoms. The second kappa shape index (κ2) is 10.4. The van der Waals surface area contributed by atoms with E-state index in [1.807, 2.05) is 55.5 Å². The Morgan fingerprint density at radius 3 is 2.52 bits per heavy atom. The largest absolute Gasteiger partial charge is 0.326 e. The van der Waals surface area contributed by atoms with Gasteiger partial charge in [0.05, 0.1) is 6.42 Å². The molecule has 25 heavy (non-hydrogen) atoms. The zero-order valence-electron chi connectivity index (χ0n) is 15.3. The molecule has 2 nitrogen and oxygen atoms in total. The van der Waals surface area contributed by atoms with Crippen LogP contribution in [0.3, 0.4) is 0 Å². The first-order valence-corrected chi connectivity index (χ1v) is 9.12. The van der Waals surface area contributed by atoms with Crippen molar-refractivity contribution < 1.29 is 4.79 Å². The first kappa shape index (κ1) is 18.8. The van der Waals surface area contributed by atoms with Crippen LogP contribution in [0.2, 0.25) is 0 Å². The highest BCUT2D eigenvalue weighted by Crippen LogP contribution is 2.12. The van der Waals surface area contributed by atoms with Crippen molar-refractivity contribution in [1.82, 2.24) is 0 Å². The highest BCUT2D eigenvalue weighted by atomic mass is 16.1. The molecule has 130 valence electrons. The van der Waals surface area contributed by atoms with Crippen molar-refractivity contribution in [2.24, 2.45) is 0 Å². The van der Waals surface area contributed by atoms with Crippen LogP contribution in [0.15, 0.2) is 48.5 Å². The van der Waals surface area contributed by atoms with Gasteiger partial charge in [0.1, 0.15) is 0 Å². The highest BCUT2D eigenvalue weighted by molar-refractivity contribution is 5.92. The van der Waals surface area contributed by atoms with Gasteiger partial charge in [-0.3, -0.25) is 4.79 Å². The predicted octanol–water partition coefficient (Wildman–Crippen LogP) is 5.50. The standard InChI is InChI=1S/C23H27NO/c1-3-4-5-6-7-8-11-20-12-9-10-13-21(20)18-23(25)24-22-16-14-19(2)15-17-22/h9-10,12-17H,3-7,18H2,1-2H3,(H,24,25). The number of carbonyl (C=O) groups excluding carboxylic acids is 1. The minimum atomic E-state index is -0.0129. The third kappa shape index (κ3) is 6.85. The summed E-state index contributed by atoms with van der Waals surface area (Å²) in [7, 11) is 0. The molecule has 2 heteroatoms. The Kier molecular flexibility index (Phi) is 7.79. The van der Waals surface area contributed by atoms with Crippen LogP contribution in [-0.4, -0.2) is 5.91 Å². The Hall–Kier alpha value is -2.53. The maximum atomic E-state index is 12.3. The van der Waals surface area contributed by atoms with Gasteiger partial charge in [-0.05, 0) is 37.1 Å². The summed E-state index contributed by atoms with van der Waals surface area (Å²) in [4.78, 5) is 12.3. The lowest BCUT2D eigenvalue weighted by atomic mass is 10.0. The van der Waals surface area contributed by atoms with Gasteiger partial charge in [0.15, 0.2) is 0 Å². The van der Waals surface area contributed by atoms with Gasteiger partial charge in [0.2, 0.25) is 5.91 Å². The number of hydrogen-bond donors (Lipinski definition) is 1. The van der Waals surface area contributed by atoms with Gasteiger partial charge in [-0.25, -0.2) is 0 Å². The average Bonchev–Trinajstić information content (AvgIpc) is 2.61. The summed E-state index contributed by atoms with van der Waals surface area (Å²) in [5.41, 5.74) is 3.94. The molecule has 2 aromatic carbocycles. The van der Waals surface area contributed by atoms with E-state index in [1.165, 1.54) is 24.8 Å². The van der Waals surface area contributed by atoms with Crippen molar-refractivity contribution in [1.29, 1.82) is 0 Å². The van der Waals surface area contributed by atoms with E-state index in [0.717, 1.165) is 29.7 Å². The minimum Gasteiger partial charge on any atom is -0.326 e. The molecule has 0 atom stereocenters. The molecule has 0 unspecified atom stereocenters. The average molecular weight is 333 g/mol. The van der Waals surface area contributed by atoms with E-state index in [2.05, 4.69) is 24.1 Å². The molecule has 2 rings (SSSR count). The molecule has 0 aliphatic rings. The molecule has 0 radical (unpaired) electrons. The summed E-state index contributed by atoms with van der Waals surface area (Å²) in [6.07, 6.45) is 6.17. The monoisotopic (exact) mass is 333 g/mol. The maximum absolute atomic E-state index is 12.3. The van der Waals surface area contributed by atoms with Gasteiger partial charge in [-0.2, -0.15) is 0 Å². The quantitative estimate of drug-likeness (QED) is 0.526. The molecular formula is C23H27NO. The fraction of sp³-hybridized carbons (Fsp3) is 0.348. The summed E-state index contributed by atoms with van der Waals surface area (Å²) in [6.45, 7) is 4.24. The molecule has 0 aliphatic heterocycles. The third-order valence-electron chi connectivity index (χ3n) is 4.08. The van der Waals surface area contributed by atoms with Crippen LogP contribution < -0.4 is 5.32 Å². The lowest BCUT2D eigenvalue weighted by Crippen LogP contribution is -2.15. The van der Waals surface area contributed by atoms with Gasteiger partial charge in [0.25, 0.3) is 0 Å². The Morgan fingerprint density at radius 1 is 1.00 bits per heavy atom. The van der Waals surface area contributed by atoms with Gasteiger partial charge in [0, 0.05) is 17.7 Å². The van der Waals surface area contributed by atoms with E-state index < -0.39 is 0 Å². The van der Waals surface area contributed by atoms with Crippen molar-refractivity contribution in [2.45, 2.75) is 52.4 Å². The lowest BCUT2D eigenvalue weighted by molar-refractivity contribution is -0.115. The molecule has 0 aliphatic carbocycles. The molecule has 0 saturated heterocycles. The van der Waals surface area contributed by atoms with Crippen molar-refractivity contribution >= 4 is 11.6 Å². The number of rotatable bonds is 7. The van der Waals surface area contributed by atoms with Crippen LogP contribution in [0.4, 0.5) is 5.69 Å². The fourth-order valence-corrected chi connectivity index (χ4v) is 2.61. The number of carbonyl (C=O) groups is 1. The molecule has 1 amide bonds. The van der Waals surface area contributed by atoms with Crippen LogP contribution in [0.5, 0.6) is 0 Å². The predicted molar refractivity (Wildman–Crippen MR) is 106 cm³/mol. The molecule has 1 N–H and O–H groups in total. The Bertz CT molecular complexity index is 735. The summed E-state index contributed by atoms with van der Waals surface area (Å²) >= 11 is 0. The van der Waals surface area contributed by atoms with Crippen molar-refractivity contribution in [2.75, 3.05) is 5.32 Å². The van der Waals surface area contributed by atoms with Crippen LogP contribution in [0, 0.1) is 18.8 Å². The number of unbranched alkanes of at least 4 members (excludes halogenated alkanes) is 4. The molecule has 0 heterocycles. The number of hydrogen-bond acceptors (Lipinski definition) is 1. The van der Waals surface area contributed by atoms with Crippen LogP contribution in [-0.2, 0) is 11.2 Å². The molecular weight excluding hydrogens is 306 g/mol. The smallest absolute Gasteiger partial charge is 0.228 e. The van der Waals surface area contributed by atoms with Gasteiger partial charge < -0.3 is 5.32 Å². The van der Waals surface area contributed by atoms with E-state index >= 15 is 0 Å². The van der Waals surface area contributed by atoms with Crippen molar-refractivity contribution in [3.8, 4) is 11.8 Å². The van der Waals surface area contributed by atoms with E-state index in [4.69, 9.17) is 0 Å². The van der Waals surface area contributed by atoms with Crippen molar-refractivity contribution in [3.05, 3.63) is 65.2 Å². The number of amides is 1. The third-order valence-corrected chi connectivity index (χ3v) is 4.08. The zero-order chi connectivity index (χ0) is 17.9. The summed E-state index contributed by atoms with van der Waals surface area (Å²) in [5.74, 6) is 6.47. The Balaban J connectivity index is 1.94. The van der Waals surface area contributed by atoms with E-state index in [9.17, 15) is 4.79 Å². The maximum Gasteiger partial charge on any atom is 0.228 e. The second-order valence-electron chi connectivity index (χ2n) is 6.36. The topological polar surface area (TPSA) is 29.1 Å². The highest BCUT2D eigenvalue weighted by Gasteiger charge is 2.07. The minimum absolute atomic E-state index is 0.0129. The van der Waals surface area contributed by atoms with Crippen LogP contribution in [0.25, 0.3) is 0 Å². The zero-order valence-corrected chi connectivity index (χ0v) is 15.3. The summed E-state index contributed by atoms with van der Waals surface area (Å²) in [6, 6.07) is 15.7. The van der Waals surface area contributed by atoms with Gasteiger partial charge in [-0.15, -0.1) is 0 Å². The summed E-state index contributed by atoms with van der Waals surface area (Å²) in [5, 5.41) is 2.95. The number of nitrogens with one attached hydrogen (secondary N) is 1. The lowest BCUT2D eigenvalue weighted by Gasteiger charge is -2.07. The van der Waals surface area contributed by atoms with Crippen LogP contribution >= 0.6 is 0 Å². The molecule has 0 saturated carbocycles. The Morgan fingerprint density at radius 2 is 1.76 bits per heavy atom. The summed E-state index contributed by atoms with van der Waals surface area (Å²) < 4.78 is 0. The SMILES string of the molecule is CCCCCCC#Cc1ccccc1CC(=O)Nc1ccc(C)cc1. The number of benzene rings is 2. The van der Waals surface area contributed by atoms with E-state index in [1.54, 1.807) is 0 Å². The second-order valence-corrected chi connectivity index (χ2v) is 6.36.